The average molecular weight is 328 g/mol. The molecule has 2 aromatic rings. The molecule has 1 aromatic carbocycles. The molecule has 0 spiro atoms. The maximum atomic E-state index is 12.6. The minimum atomic E-state index is -0.744. The second-order valence-electron chi connectivity index (χ2n) is 7.52. The molecule has 24 heavy (non-hydrogen) atoms. The van der Waals surface area contributed by atoms with Crippen LogP contribution in [0.5, 0.6) is 5.75 Å². The van der Waals surface area contributed by atoms with Gasteiger partial charge in [0.05, 0.1) is 23.7 Å². The summed E-state index contributed by atoms with van der Waals surface area (Å²) in [7, 11) is 0. The van der Waals surface area contributed by atoms with Gasteiger partial charge in [-0.15, -0.1) is 0 Å². The summed E-state index contributed by atoms with van der Waals surface area (Å²) in [6, 6.07) is 3.76. The summed E-state index contributed by atoms with van der Waals surface area (Å²) in [6.45, 7) is 6.44. The molecular formula is C19H20O5. The highest BCUT2D eigenvalue weighted by Crippen LogP contribution is 2.46. The van der Waals surface area contributed by atoms with Crippen LogP contribution in [0.15, 0.2) is 26.1 Å². The van der Waals surface area contributed by atoms with Gasteiger partial charge >= 0.3 is 11.3 Å². The van der Waals surface area contributed by atoms with Crippen LogP contribution >= 0.6 is 0 Å². The minimum Gasteiger partial charge on any atom is -0.492 e. The predicted octanol–water partition coefficient (Wildman–Crippen LogP) is 2.75. The first-order valence-electron chi connectivity index (χ1n) is 8.30. The van der Waals surface area contributed by atoms with Crippen LogP contribution in [0.3, 0.4) is 0 Å². The van der Waals surface area contributed by atoms with Crippen molar-refractivity contribution in [3.8, 4) is 5.75 Å². The molecule has 2 aliphatic rings. The lowest BCUT2D eigenvalue weighted by Gasteiger charge is -2.35. The van der Waals surface area contributed by atoms with E-state index in [-0.39, 0.29) is 16.7 Å². The van der Waals surface area contributed by atoms with E-state index < -0.39 is 17.4 Å². The summed E-state index contributed by atoms with van der Waals surface area (Å²) in [6.07, 6.45) is 0.655. The fraction of sp³-hybridized carbons (Fsp3) is 0.474. The standard InChI is InChI=1S/C19H20O5/c1-9-8-23-16-10-4-5-11-15(12(20)6-7-19(11,2)3)14(10)18(22)24-17(21)13(9)16/h4-5,9,12,20H,6-8H2,1-3H3/t9-,12+/m0/s1. The summed E-state index contributed by atoms with van der Waals surface area (Å²) in [4.78, 5) is 25.0. The molecule has 2 atom stereocenters. The molecular weight excluding hydrogens is 308 g/mol. The van der Waals surface area contributed by atoms with Crippen molar-refractivity contribution in [3.05, 3.63) is 49.7 Å². The number of fused-ring (bicyclic) bond motifs is 5. The van der Waals surface area contributed by atoms with Crippen molar-refractivity contribution in [2.45, 2.75) is 51.0 Å². The molecule has 0 radical (unpaired) electrons. The Kier molecular flexibility index (Phi) is 3.16. The number of ether oxygens (including phenoxy) is 1. The van der Waals surface area contributed by atoms with Gasteiger partial charge in [0, 0.05) is 11.3 Å². The van der Waals surface area contributed by atoms with E-state index in [1.54, 1.807) is 0 Å². The van der Waals surface area contributed by atoms with Gasteiger partial charge in [-0.25, -0.2) is 9.59 Å². The van der Waals surface area contributed by atoms with Gasteiger partial charge in [-0.3, -0.25) is 0 Å². The van der Waals surface area contributed by atoms with Gasteiger partial charge in [0.15, 0.2) is 0 Å². The highest BCUT2D eigenvalue weighted by atomic mass is 16.5. The molecule has 0 saturated heterocycles. The van der Waals surface area contributed by atoms with Gasteiger partial charge in [-0.05, 0) is 29.4 Å². The van der Waals surface area contributed by atoms with Crippen LogP contribution in [0.4, 0.5) is 0 Å². The molecule has 1 aromatic heterocycles. The van der Waals surface area contributed by atoms with E-state index in [1.165, 1.54) is 0 Å². The SMILES string of the molecule is C[C@H]1COc2c1c(=O)oc(=O)c1c3c(ccc21)C(C)(C)CC[C@H]3O. The zero-order valence-electron chi connectivity index (χ0n) is 14.0. The minimum absolute atomic E-state index is 0.122. The van der Waals surface area contributed by atoms with Gasteiger partial charge < -0.3 is 14.3 Å². The summed E-state index contributed by atoms with van der Waals surface area (Å²) >= 11 is 0. The lowest BCUT2D eigenvalue weighted by atomic mass is 9.70. The van der Waals surface area contributed by atoms with Crippen LogP contribution in [-0.4, -0.2) is 11.7 Å². The topological polar surface area (TPSA) is 76.7 Å². The van der Waals surface area contributed by atoms with Gasteiger partial charge in [0.2, 0.25) is 0 Å². The highest BCUT2D eigenvalue weighted by molar-refractivity contribution is 5.92. The first kappa shape index (κ1) is 15.4. The largest absolute Gasteiger partial charge is 0.492 e. The van der Waals surface area contributed by atoms with Crippen LogP contribution in [0, 0.1) is 0 Å². The van der Waals surface area contributed by atoms with Crippen LogP contribution in [0.25, 0.3) is 10.8 Å². The van der Waals surface area contributed by atoms with Crippen molar-refractivity contribution in [2.24, 2.45) is 0 Å². The Bertz CT molecular complexity index is 970. The molecule has 1 aliphatic carbocycles. The Morgan fingerprint density at radius 2 is 1.92 bits per heavy atom. The van der Waals surface area contributed by atoms with E-state index in [4.69, 9.17) is 9.15 Å². The second kappa shape index (κ2) is 4.93. The molecule has 0 amide bonds. The fourth-order valence-corrected chi connectivity index (χ4v) is 4.04. The van der Waals surface area contributed by atoms with Crippen LogP contribution in [-0.2, 0) is 5.41 Å². The van der Waals surface area contributed by atoms with Gasteiger partial charge in [-0.1, -0.05) is 32.9 Å². The highest BCUT2D eigenvalue weighted by Gasteiger charge is 2.36. The van der Waals surface area contributed by atoms with Gasteiger partial charge in [0.25, 0.3) is 0 Å². The van der Waals surface area contributed by atoms with Gasteiger partial charge in [-0.2, -0.15) is 0 Å². The summed E-state index contributed by atoms with van der Waals surface area (Å²) in [5.41, 5.74) is 0.425. The number of aliphatic hydroxyl groups excluding tert-OH is 1. The molecule has 4 rings (SSSR count). The maximum Gasteiger partial charge on any atom is 0.347 e. The van der Waals surface area contributed by atoms with Crippen molar-refractivity contribution in [3.63, 3.8) is 0 Å². The monoisotopic (exact) mass is 328 g/mol. The molecule has 0 unspecified atom stereocenters. The first-order valence-corrected chi connectivity index (χ1v) is 8.30. The number of benzene rings is 1. The Morgan fingerprint density at radius 3 is 2.67 bits per heavy atom. The zero-order valence-corrected chi connectivity index (χ0v) is 14.0. The lowest BCUT2D eigenvalue weighted by molar-refractivity contribution is 0.141. The maximum absolute atomic E-state index is 12.6. The molecule has 126 valence electrons. The van der Waals surface area contributed by atoms with E-state index in [0.29, 0.717) is 35.3 Å². The van der Waals surface area contributed by atoms with Crippen molar-refractivity contribution in [1.29, 1.82) is 0 Å². The summed E-state index contributed by atoms with van der Waals surface area (Å²) in [5.74, 6) is 0.301. The predicted molar refractivity (Wildman–Crippen MR) is 89.9 cm³/mol. The molecule has 0 saturated carbocycles. The van der Waals surface area contributed by atoms with E-state index in [2.05, 4.69) is 13.8 Å². The second-order valence-corrected chi connectivity index (χ2v) is 7.52. The Hall–Kier alpha value is -2.14. The number of rotatable bonds is 0. The van der Waals surface area contributed by atoms with Crippen LogP contribution in [0.1, 0.15) is 62.3 Å². The van der Waals surface area contributed by atoms with E-state index >= 15 is 0 Å². The van der Waals surface area contributed by atoms with Crippen LogP contribution < -0.4 is 16.0 Å². The summed E-state index contributed by atoms with van der Waals surface area (Å²) < 4.78 is 10.8. The van der Waals surface area contributed by atoms with Crippen LogP contribution in [0.2, 0.25) is 0 Å². The Balaban J connectivity index is 2.24. The smallest absolute Gasteiger partial charge is 0.347 e. The molecule has 5 nitrogen and oxygen atoms in total. The lowest BCUT2D eigenvalue weighted by Crippen LogP contribution is -2.27. The third-order valence-electron chi connectivity index (χ3n) is 5.42. The van der Waals surface area contributed by atoms with Gasteiger partial charge in [0.1, 0.15) is 5.75 Å². The van der Waals surface area contributed by atoms with E-state index in [0.717, 1.165) is 12.0 Å². The molecule has 0 fully saturated rings. The van der Waals surface area contributed by atoms with Crippen molar-refractivity contribution in [2.75, 3.05) is 6.61 Å². The van der Waals surface area contributed by atoms with Crippen molar-refractivity contribution < 1.29 is 14.3 Å². The fourth-order valence-electron chi connectivity index (χ4n) is 4.04. The number of hydrogen-bond acceptors (Lipinski definition) is 5. The van der Waals surface area contributed by atoms with Crippen molar-refractivity contribution >= 4 is 10.8 Å². The molecule has 5 heteroatoms. The molecule has 1 aliphatic heterocycles. The summed E-state index contributed by atoms with van der Waals surface area (Å²) in [5, 5.41) is 11.4. The third-order valence-corrected chi connectivity index (χ3v) is 5.42. The quantitative estimate of drug-likeness (QED) is 0.804. The molecule has 2 heterocycles. The Morgan fingerprint density at radius 1 is 1.17 bits per heavy atom. The van der Waals surface area contributed by atoms with E-state index in [9.17, 15) is 14.7 Å². The Labute approximate surface area is 138 Å². The zero-order chi connectivity index (χ0) is 17.2. The number of aliphatic hydroxyl groups is 1. The van der Waals surface area contributed by atoms with Crippen molar-refractivity contribution in [1.82, 2.24) is 0 Å². The first-order chi connectivity index (χ1) is 11.3. The average Bonchev–Trinajstić information content (AvgIpc) is 2.86. The van der Waals surface area contributed by atoms with E-state index in [1.807, 2.05) is 19.1 Å². The third kappa shape index (κ3) is 1.97. The molecule has 1 N–H and O–H groups in total. The normalized spacial score (nSPS) is 24.3. The molecule has 0 bridgehead atoms. The number of hydrogen-bond donors (Lipinski definition) is 1.